The van der Waals surface area contributed by atoms with Crippen molar-refractivity contribution in [3.8, 4) is 0 Å². The molecule has 0 radical (unpaired) electrons. The lowest BCUT2D eigenvalue weighted by atomic mass is 10.1. The van der Waals surface area contributed by atoms with E-state index in [1.165, 1.54) is 0 Å². The molecule has 2 aromatic heterocycles. The number of nitrogens with zero attached hydrogens (tertiary/aromatic N) is 2. The number of hydrogen-bond acceptors (Lipinski definition) is 4. The lowest BCUT2D eigenvalue weighted by Crippen LogP contribution is -2.16. The Morgan fingerprint density at radius 1 is 1.38 bits per heavy atom. The van der Waals surface area contributed by atoms with Crippen molar-refractivity contribution in [2.75, 3.05) is 11.1 Å². The van der Waals surface area contributed by atoms with E-state index in [9.17, 15) is 4.79 Å². The first-order valence-electron chi connectivity index (χ1n) is 6.87. The highest BCUT2D eigenvalue weighted by molar-refractivity contribution is 6.10. The van der Waals surface area contributed by atoms with Crippen LogP contribution in [0.1, 0.15) is 20.3 Å². The van der Waals surface area contributed by atoms with Gasteiger partial charge in [-0.2, -0.15) is 4.98 Å². The number of nitrogens with two attached hydrogens (primary N) is 1. The van der Waals surface area contributed by atoms with E-state index in [2.05, 4.69) is 20.3 Å². The summed E-state index contributed by atoms with van der Waals surface area (Å²) in [4.78, 5) is 23.4. The standard InChI is InChI=1S/C15H17N5O/c1-8(2)7-12(21)19-15-18-11-4-3-10-9(5-6-17-10)13(11)14(16)20-15/h3-6,8H,7,16H2,1-2H3,(H2,18,19,20,21). The SMILES string of the molecule is CC(C)CC(=O)Nc1nc(N)c2c(ccc3nccc32)[nH]1. The van der Waals surface area contributed by atoms with Crippen LogP contribution in [-0.2, 0) is 4.79 Å². The monoisotopic (exact) mass is 283 g/mol. The first kappa shape index (κ1) is 13.4. The number of amides is 1. The highest BCUT2D eigenvalue weighted by Gasteiger charge is 2.11. The highest BCUT2D eigenvalue weighted by Crippen LogP contribution is 2.28. The van der Waals surface area contributed by atoms with Crippen LogP contribution in [0.4, 0.5) is 11.8 Å². The van der Waals surface area contributed by atoms with E-state index in [0.717, 1.165) is 21.8 Å². The third-order valence-corrected chi connectivity index (χ3v) is 3.27. The van der Waals surface area contributed by atoms with E-state index in [0.29, 0.717) is 18.2 Å². The fraction of sp³-hybridized carbons (Fsp3) is 0.267. The van der Waals surface area contributed by atoms with Crippen LogP contribution in [0.25, 0.3) is 21.8 Å². The number of anilines is 2. The molecule has 1 amide bonds. The molecule has 6 nitrogen and oxygen atoms in total. The summed E-state index contributed by atoms with van der Waals surface area (Å²) in [6, 6.07) is 5.70. The molecule has 1 aromatic carbocycles. The summed E-state index contributed by atoms with van der Waals surface area (Å²) in [5.41, 5.74) is 7.75. The van der Waals surface area contributed by atoms with Gasteiger partial charge in [-0.3, -0.25) is 15.1 Å². The topological polar surface area (TPSA) is 96.7 Å². The number of hydrogen-bond donors (Lipinski definition) is 3. The first-order chi connectivity index (χ1) is 10.0. The Morgan fingerprint density at radius 2 is 2.19 bits per heavy atom. The number of nitrogens with one attached hydrogen (secondary N) is 2. The fourth-order valence-corrected chi connectivity index (χ4v) is 2.41. The number of H-pyrrole nitrogens is 1. The average molecular weight is 283 g/mol. The van der Waals surface area contributed by atoms with Gasteiger partial charge in [-0.25, -0.2) is 0 Å². The maximum absolute atomic E-state index is 11.8. The Kier molecular flexibility index (Phi) is 3.21. The molecule has 0 saturated heterocycles. The smallest absolute Gasteiger partial charge is 0.226 e. The normalized spacial score (nSPS) is 11.4. The van der Waals surface area contributed by atoms with Crippen molar-refractivity contribution in [3.05, 3.63) is 24.4 Å². The third kappa shape index (κ3) is 2.52. The fourth-order valence-electron chi connectivity index (χ4n) is 2.41. The second-order valence-corrected chi connectivity index (χ2v) is 5.48. The molecule has 0 spiro atoms. The van der Waals surface area contributed by atoms with E-state index in [1.54, 1.807) is 6.20 Å². The quantitative estimate of drug-likeness (QED) is 0.688. The molecular formula is C15H17N5O. The number of aromatic nitrogens is 3. The van der Waals surface area contributed by atoms with Crippen molar-refractivity contribution in [2.45, 2.75) is 20.3 Å². The van der Waals surface area contributed by atoms with Gasteiger partial charge in [0.1, 0.15) is 5.82 Å². The lowest BCUT2D eigenvalue weighted by molar-refractivity contribution is -0.116. The van der Waals surface area contributed by atoms with Gasteiger partial charge in [-0.15, -0.1) is 0 Å². The van der Waals surface area contributed by atoms with Crippen molar-refractivity contribution in [1.29, 1.82) is 0 Å². The van der Waals surface area contributed by atoms with Crippen molar-refractivity contribution >= 4 is 39.5 Å². The molecule has 0 aliphatic carbocycles. The van der Waals surface area contributed by atoms with Gasteiger partial charge in [0.05, 0.1) is 11.0 Å². The minimum atomic E-state index is -0.0800. The van der Waals surface area contributed by atoms with E-state index >= 15 is 0 Å². The highest BCUT2D eigenvalue weighted by atomic mass is 16.1. The van der Waals surface area contributed by atoms with Crippen molar-refractivity contribution in [2.24, 2.45) is 5.92 Å². The van der Waals surface area contributed by atoms with Crippen LogP contribution in [0, 0.1) is 5.92 Å². The molecule has 6 heteroatoms. The van der Waals surface area contributed by atoms with Crippen LogP contribution in [0.15, 0.2) is 24.4 Å². The van der Waals surface area contributed by atoms with Gasteiger partial charge in [0.25, 0.3) is 0 Å². The number of carbonyl (C=O) groups is 1. The molecule has 3 aromatic rings. The second kappa shape index (κ2) is 5.05. The predicted octanol–water partition coefficient (Wildman–Crippen LogP) is 2.68. The van der Waals surface area contributed by atoms with Crippen LogP contribution < -0.4 is 11.1 Å². The van der Waals surface area contributed by atoms with Gasteiger partial charge < -0.3 is 10.7 Å². The molecule has 108 valence electrons. The van der Waals surface area contributed by atoms with Crippen LogP contribution in [0.3, 0.4) is 0 Å². The van der Waals surface area contributed by atoms with Gasteiger partial charge in [-0.05, 0) is 24.1 Å². The van der Waals surface area contributed by atoms with Gasteiger partial charge in [0, 0.05) is 23.4 Å². The molecule has 0 atom stereocenters. The zero-order valence-corrected chi connectivity index (χ0v) is 12.0. The molecule has 21 heavy (non-hydrogen) atoms. The Morgan fingerprint density at radius 3 is 2.95 bits per heavy atom. The molecular weight excluding hydrogens is 266 g/mol. The number of benzene rings is 1. The van der Waals surface area contributed by atoms with E-state index < -0.39 is 0 Å². The largest absolute Gasteiger partial charge is 0.383 e. The van der Waals surface area contributed by atoms with Crippen LogP contribution in [0.5, 0.6) is 0 Å². The van der Waals surface area contributed by atoms with E-state index in [-0.39, 0.29) is 11.8 Å². The van der Waals surface area contributed by atoms with Gasteiger partial charge >= 0.3 is 0 Å². The number of nitrogen functional groups attached to an aromatic ring is 1. The van der Waals surface area contributed by atoms with Crippen molar-refractivity contribution in [3.63, 3.8) is 0 Å². The molecule has 0 bridgehead atoms. The summed E-state index contributed by atoms with van der Waals surface area (Å²) in [5.74, 6) is 0.952. The summed E-state index contributed by atoms with van der Waals surface area (Å²) in [6.07, 6.45) is 2.18. The van der Waals surface area contributed by atoms with E-state index in [4.69, 9.17) is 5.73 Å². The maximum atomic E-state index is 11.8. The van der Waals surface area contributed by atoms with Crippen LogP contribution in [-0.4, -0.2) is 20.9 Å². The molecule has 0 fully saturated rings. The minimum Gasteiger partial charge on any atom is -0.383 e. The summed E-state index contributed by atoms with van der Waals surface area (Å²) in [5, 5.41) is 4.53. The first-order valence-corrected chi connectivity index (χ1v) is 6.87. The van der Waals surface area contributed by atoms with Crippen LogP contribution >= 0.6 is 0 Å². The minimum absolute atomic E-state index is 0.0800. The molecule has 4 N–H and O–H groups in total. The average Bonchev–Trinajstić information content (AvgIpc) is 2.85. The van der Waals surface area contributed by atoms with Crippen molar-refractivity contribution in [1.82, 2.24) is 15.0 Å². The lowest BCUT2D eigenvalue weighted by Gasteiger charge is -2.10. The summed E-state index contributed by atoms with van der Waals surface area (Å²) in [7, 11) is 0. The molecule has 0 unspecified atom stereocenters. The molecule has 3 rings (SSSR count). The summed E-state index contributed by atoms with van der Waals surface area (Å²) < 4.78 is 0. The summed E-state index contributed by atoms with van der Waals surface area (Å²) >= 11 is 0. The van der Waals surface area contributed by atoms with Gasteiger partial charge in [0.2, 0.25) is 11.9 Å². The Balaban J connectivity index is 2.03. The molecule has 0 saturated carbocycles. The molecule has 0 aliphatic rings. The van der Waals surface area contributed by atoms with Gasteiger partial charge in [0.15, 0.2) is 0 Å². The molecule has 0 aliphatic heterocycles. The predicted molar refractivity (Wildman–Crippen MR) is 83.9 cm³/mol. The zero-order chi connectivity index (χ0) is 15.0. The number of carbonyl (C=O) groups excluding carboxylic acids is 1. The number of rotatable bonds is 3. The second-order valence-electron chi connectivity index (χ2n) is 5.48. The summed E-state index contributed by atoms with van der Waals surface area (Å²) in [6.45, 7) is 3.98. The number of aromatic amines is 1. The van der Waals surface area contributed by atoms with E-state index in [1.807, 2.05) is 32.0 Å². The Hall–Kier alpha value is -2.63. The van der Waals surface area contributed by atoms with Crippen LogP contribution in [0.2, 0.25) is 0 Å². The zero-order valence-electron chi connectivity index (χ0n) is 12.0. The van der Waals surface area contributed by atoms with Gasteiger partial charge in [-0.1, -0.05) is 13.8 Å². The Bertz CT molecular complexity index is 821. The number of fused-ring (bicyclic) bond motifs is 3. The molecule has 2 heterocycles. The maximum Gasteiger partial charge on any atom is 0.226 e. The third-order valence-electron chi connectivity index (χ3n) is 3.27. The Labute approximate surface area is 121 Å². The van der Waals surface area contributed by atoms with Crippen molar-refractivity contribution < 1.29 is 4.79 Å².